The van der Waals surface area contributed by atoms with E-state index in [9.17, 15) is 4.79 Å². The van der Waals surface area contributed by atoms with Gasteiger partial charge in [0.2, 0.25) is 0 Å². The van der Waals surface area contributed by atoms with Crippen molar-refractivity contribution in [2.24, 2.45) is 5.73 Å². The Bertz CT molecular complexity index is 1110. The zero-order valence-corrected chi connectivity index (χ0v) is 19.3. The number of benzene rings is 2. The lowest BCUT2D eigenvalue weighted by Crippen LogP contribution is -2.49. The Labute approximate surface area is 189 Å². The summed E-state index contributed by atoms with van der Waals surface area (Å²) in [6.45, 7) is 2.16. The van der Waals surface area contributed by atoms with Crippen molar-refractivity contribution in [3.05, 3.63) is 74.1 Å². The van der Waals surface area contributed by atoms with E-state index in [0.717, 1.165) is 42.0 Å². The van der Waals surface area contributed by atoms with Gasteiger partial charge in [0, 0.05) is 27.5 Å². The normalized spacial score (nSPS) is 22.7. The van der Waals surface area contributed by atoms with Crippen LogP contribution in [0.4, 0.5) is 0 Å². The second-order valence-corrected chi connectivity index (χ2v) is 9.41. The number of ether oxygens (including phenoxy) is 1. The average molecular weight is 490 g/mol. The van der Waals surface area contributed by atoms with Gasteiger partial charge >= 0.3 is 0 Å². The summed E-state index contributed by atoms with van der Waals surface area (Å²) in [6, 6.07) is 13.9. The van der Waals surface area contributed by atoms with Crippen molar-refractivity contribution in [2.45, 2.75) is 56.6 Å². The van der Waals surface area contributed by atoms with Crippen LogP contribution in [0.3, 0.4) is 0 Å². The highest BCUT2D eigenvalue weighted by molar-refractivity contribution is 9.10. The lowest BCUT2D eigenvalue weighted by Gasteiger charge is -2.45. The van der Waals surface area contributed by atoms with E-state index in [2.05, 4.69) is 46.0 Å². The summed E-state index contributed by atoms with van der Waals surface area (Å²) in [5.41, 5.74) is 7.75. The van der Waals surface area contributed by atoms with E-state index in [1.807, 2.05) is 18.2 Å². The van der Waals surface area contributed by atoms with Crippen LogP contribution in [0.2, 0.25) is 5.02 Å². The van der Waals surface area contributed by atoms with Crippen LogP contribution in [-0.4, -0.2) is 17.1 Å². The van der Waals surface area contributed by atoms with Crippen molar-refractivity contribution in [3.8, 4) is 5.75 Å². The van der Waals surface area contributed by atoms with Gasteiger partial charge in [-0.15, -0.1) is 0 Å². The fourth-order valence-electron chi connectivity index (χ4n) is 4.78. The predicted molar refractivity (Wildman–Crippen MR) is 127 cm³/mol. The molecule has 1 heterocycles. The van der Waals surface area contributed by atoms with Gasteiger partial charge in [0.1, 0.15) is 5.75 Å². The molecule has 30 heavy (non-hydrogen) atoms. The second kappa shape index (κ2) is 8.74. The molecule has 1 unspecified atom stereocenters. The van der Waals surface area contributed by atoms with Crippen LogP contribution in [0.5, 0.6) is 5.75 Å². The summed E-state index contributed by atoms with van der Waals surface area (Å²) >= 11 is 10.2. The zero-order valence-electron chi connectivity index (χ0n) is 17.0. The molecule has 1 fully saturated rings. The molecule has 0 aliphatic heterocycles. The van der Waals surface area contributed by atoms with Crippen LogP contribution >= 0.6 is 27.5 Å². The molecule has 1 aromatic heterocycles. The van der Waals surface area contributed by atoms with Crippen LogP contribution in [-0.2, 0) is 5.41 Å². The van der Waals surface area contributed by atoms with Gasteiger partial charge in [-0.1, -0.05) is 52.7 Å². The monoisotopic (exact) mass is 488 g/mol. The first-order chi connectivity index (χ1) is 14.4. The van der Waals surface area contributed by atoms with Crippen molar-refractivity contribution < 1.29 is 4.74 Å². The van der Waals surface area contributed by atoms with Gasteiger partial charge in [0.05, 0.1) is 11.1 Å². The molecular formula is C24H26BrClN2O2. The Morgan fingerprint density at radius 2 is 2.00 bits per heavy atom. The summed E-state index contributed by atoms with van der Waals surface area (Å²) < 4.78 is 7.43. The minimum Gasteiger partial charge on any atom is -0.489 e. The molecule has 2 aromatic carbocycles. The smallest absolute Gasteiger partial charge is 0.255 e. The van der Waals surface area contributed by atoms with Gasteiger partial charge in [0.15, 0.2) is 0 Å². The number of aromatic nitrogens is 1. The average Bonchev–Trinajstić information content (AvgIpc) is 2.75. The quantitative estimate of drug-likeness (QED) is 0.466. The predicted octanol–water partition coefficient (Wildman–Crippen LogP) is 5.94. The molecule has 0 saturated heterocycles. The van der Waals surface area contributed by atoms with Gasteiger partial charge in [-0.3, -0.25) is 4.79 Å². The molecule has 0 amide bonds. The molecule has 1 aliphatic carbocycles. The molecule has 6 heteroatoms. The Kier molecular flexibility index (Phi) is 6.24. The summed E-state index contributed by atoms with van der Waals surface area (Å²) in [4.78, 5) is 14.7. The molecule has 0 spiro atoms. The molecule has 0 radical (unpaired) electrons. The third-order valence-electron chi connectivity index (χ3n) is 6.50. The number of nitrogens with one attached hydrogen (secondary N) is 1. The Morgan fingerprint density at radius 1 is 1.27 bits per heavy atom. The number of hydrogen-bond donors (Lipinski definition) is 2. The van der Waals surface area contributed by atoms with E-state index in [4.69, 9.17) is 22.1 Å². The molecule has 3 aromatic rings. The van der Waals surface area contributed by atoms with E-state index >= 15 is 0 Å². The van der Waals surface area contributed by atoms with Gasteiger partial charge in [0.25, 0.3) is 5.56 Å². The number of halogens is 2. The van der Waals surface area contributed by atoms with E-state index in [0.29, 0.717) is 16.2 Å². The number of nitrogens with two attached hydrogens (primary N) is 1. The van der Waals surface area contributed by atoms with Crippen LogP contribution in [0.25, 0.3) is 10.8 Å². The maximum atomic E-state index is 12.0. The number of rotatable bonds is 5. The lowest BCUT2D eigenvalue weighted by atomic mass is 9.64. The second-order valence-electron chi connectivity index (χ2n) is 8.14. The maximum absolute atomic E-state index is 12.0. The van der Waals surface area contributed by atoms with Gasteiger partial charge in [-0.2, -0.15) is 0 Å². The topological polar surface area (TPSA) is 68.1 Å². The summed E-state index contributed by atoms with van der Waals surface area (Å²) in [6.07, 6.45) is 6.36. The van der Waals surface area contributed by atoms with E-state index in [1.54, 1.807) is 12.3 Å². The lowest BCUT2D eigenvalue weighted by molar-refractivity contribution is 0.103. The first-order valence-electron chi connectivity index (χ1n) is 10.4. The molecule has 158 valence electrons. The standard InChI is InChI=1S/C24H26BrClN2O2/c1-2-22(27)24(18-5-3-4-6-19(18)25)10-7-16(8-11-24)30-21-13-15-9-12-28-23(29)17(15)14-20(21)26/h3-6,9,12-14,16,22H,2,7-8,10-11,27H2,1H3,(H,28,29). The van der Waals surface area contributed by atoms with Crippen molar-refractivity contribution >= 4 is 38.3 Å². The molecule has 1 saturated carbocycles. The molecule has 3 N–H and O–H groups in total. The number of hydrogen-bond acceptors (Lipinski definition) is 3. The third kappa shape index (κ3) is 3.91. The molecular weight excluding hydrogens is 464 g/mol. The minimum atomic E-state index is -0.148. The first kappa shape index (κ1) is 21.4. The van der Waals surface area contributed by atoms with Gasteiger partial charge in [-0.05, 0) is 67.3 Å². The van der Waals surface area contributed by atoms with Gasteiger partial charge in [-0.25, -0.2) is 0 Å². The summed E-state index contributed by atoms with van der Waals surface area (Å²) in [5, 5.41) is 1.86. The number of fused-ring (bicyclic) bond motifs is 1. The maximum Gasteiger partial charge on any atom is 0.255 e. The van der Waals surface area contributed by atoms with E-state index in [1.165, 1.54) is 5.56 Å². The highest BCUT2D eigenvalue weighted by Gasteiger charge is 2.42. The van der Waals surface area contributed by atoms with Crippen LogP contribution in [0.1, 0.15) is 44.6 Å². The van der Waals surface area contributed by atoms with E-state index < -0.39 is 0 Å². The fraction of sp³-hybridized carbons (Fsp3) is 0.375. The zero-order chi connectivity index (χ0) is 21.3. The van der Waals surface area contributed by atoms with Crippen molar-refractivity contribution in [1.29, 1.82) is 0 Å². The molecule has 0 bridgehead atoms. The van der Waals surface area contributed by atoms with Crippen LogP contribution in [0, 0.1) is 0 Å². The third-order valence-corrected chi connectivity index (χ3v) is 7.49. The molecule has 1 aliphatic rings. The number of H-pyrrole nitrogens is 1. The van der Waals surface area contributed by atoms with Crippen molar-refractivity contribution in [2.75, 3.05) is 0 Å². The first-order valence-corrected chi connectivity index (χ1v) is 11.6. The van der Waals surface area contributed by atoms with Crippen molar-refractivity contribution in [1.82, 2.24) is 4.98 Å². The van der Waals surface area contributed by atoms with Crippen molar-refractivity contribution in [3.63, 3.8) is 0 Å². The Morgan fingerprint density at radius 3 is 2.70 bits per heavy atom. The molecule has 4 nitrogen and oxygen atoms in total. The van der Waals surface area contributed by atoms with Crippen LogP contribution < -0.4 is 16.0 Å². The number of aromatic amines is 1. The van der Waals surface area contributed by atoms with Crippen LogP contribution in [0.15, 0.2) is 57.9 Å². The Balaban J connectivity index is 1.56. The fourth-order valence-corrected chi connectivity index (χ4v) is 5.67. The summed E-state index contributed by atoms with van der Waals surface area (Å²) in [5.74, 6) is 0.632. The highest BCUT2D eigenvalue weighted by atomic mass is 79.9. The summed E-state index contributed by atoms with van der Waals surface area (Å²) in [7, 11) is 0. The highest BCUT2D eigenvalue weighted by Crippen LogP contribution is 2.46. The van der Waals surface area contributed by atoms with E-state index in [-0.39, 0.29) is 23.1 Å². The minimum absolute atomic E-state index is 0.0603. The SMILES string of the molecule is CCC(N)C1(c2ccccc2Br)CCC(Oc2cc3cc[nH]c(=O)c3cc2Cl)CC1. The number of pyridine rings is 1. The Hall–Kier alpha value is -1.82. The largest absolute Gasteiger partial charge is 0.489 e. The van der Waals surface area contributed by atoms with Gasteiger partial charge < -0.3 is 15.5 Å². The molecule has 4 rings (SSSR count). The molecule has 1 atom stereocenters.